The predicted molar refractivity (Wildman–Crippen MR) is 233 cm³/mol. The first kappa shape index (κ1) is 46.3. The average molecular weight is 899 g/mol. The number of esters is 5. The Bertz CT molecular complexity index is 2660. The van der Waals surface area contributed by atoms with E-state index in [1.165, 1.54) is 80.6 Å². The predicted octanol–water partition coefficient (Wildman–Crippen LogP) is 8.95. The van der Waals surface area contributed by atoms with Crippen LogP contribution in [-0.4, -0.2) is 66.7 Å². The largest absolute Gasteiger partial charge is 0.461 e. The van der Waals surface area contributed by atoms with E-state index in [-0.39, 0.29) is 52.2 Å². The third-order valence-corrected chi connectivity index (χ3v) is 10.6. The van der Waals surface area contributed by atoms with Gasteiger partial charge in [-0.2, -0.15) is 0 Å². The van der Waals surface area contributed by atoms with Crippen LogP contribution in [0.4, 0.5) is 8.78 Å². The molecule has 0 N–H and O–H groups in total. The Hall–Kier alpha value is -7.71. The zero-order valence-electron chi connectivity index (χ0n) is 36.0. The molecule has 6 aromatic carbocycles. The second-order valence-corrected chi connectivity index (χ2v) is 15.4. The summed E-state index contributed by atoms with van der Waals surface area (Å²) in [5.74, 6) is -5.84. The second-order valence-electron chi connectivity index (χ2n) is 15.4. The summed E-state index contributed by atoms with van der Waals surface area (Å²) in [5, 5.41) is 0. The van der Waals surface area contributed by atoms with Crippen molar-refractivity contribution in [3.63, 3.8) is 0 Å². The molecule has 0 aliphatic carbocycles. The van der Waals surface area contributed by atoms with Crippen LogP contribution in [0, 0.1) is 18.6 Å². The van der Waals surface area contributed by atoms with Crippen molar-refractivity contribution in [3.05, 3.63) is 208 Å². The van der Waals surface area contributed by atoms with Crippen LogP contribution in [0.3, 0.4) is 0 Å². The number of halogens is 2. The summed E-state index contributed by atoms with van der Waals surface area (Å²) >= 11 is 0. The van der Waals surface area contributed by atoms with Gasteiger partial charge in [-0.3, -0.25) is 4.79 Å². The Balaban J connectivity index is 1.39. The van der Waals surface area contributed by atoms with Gasteiger partial charge in [-0.15, -0.1) is 0 Å². The highest BCUT2D eigenvalue weighted by Crippen LogP contribution is 2.37. The first-order valence-electron chi connectivity index (χ1n) is 20.9. The van der Waals surface area contributed by atoms with Crippen LogP contribution in [0.25, 0.3) is 0 Å². The van der Waals surface area contributed by atoms with Crippen molar-refractivity contribution in [2.24, 2.45) is 0 Å². The maximum Gasteiger partial charge on any atom is 0.338 e. The minimum atomic E-state index is -1.86. The van der Waals surface area contributed by atoms with Gasteiger partial charge in [-0.25, -0.2) is 28.0 Å². The molecule has 14 heteroatoms. The van der Waals surface area contributed by atoms with Gasteiger partial charge in [0.15, 0.2) is 12.2 Å². The summed E-state index contributed by atoms with van der Waals surface area (Å²) in [6, 6.07) is 38.4. The molecule has 0 unspecified atom stereocenters. The van der Waals surface area contributed by atoms with Gasteiger partial charge >= 0.3 is 29.8 Å². The van der Waals surface area contributed by atoms with Crippen LogP contribution in [0.5, 0.6) is 5.75 Å². The van der Waals surface area contributed by atoms with Crippen molar-refractivity contribution >= 4 is 29.8 Å². The zero-order valence-corrected chi connectivity index (χ0v) is 36.0. The fourth-order valence-corrected chi connectivity index (χ4v) is 7.16. The molecule has 0 amide bonds. The number of hydrogen-bond acceptors (Lipinski definition) is 12. The van der Waals surface area contributed by atoms with Crippen LogP contribution in [-0.2, 0) is 46.2 Å². The fraction of sp³-hybridized carbons (Fsp3) is 0.212. The smallest absolute Gasteiger partial charge is 0.338 e. The van der Waals surface area contributed by atoms with Gasteiger partial charge in [0.25, 0.3) is 0 Å². The molecule has 0 saturated carbocycles. The Labute approximate surface area is 378 Å². The Kier molecular flexibility index (Phi) is 14.9. The third-order valence-electron chi connectivity index (χ3n) is 10.6. The van der Waals surface area contributed by atoms with Gasteiger partial charge < -0.3 is 33.2 Å². The SMILES string of the molecule is CC(=O)OCc1cc(F)c(Cc2ccc(C)c(F)c2)c(O[C@@H]2O[C@H]([C@@H](C)OC(=O)c3ccccc3)[C@@H](OC(=O)c3ccccc3)[C@H](OC(=O)c3ccccc3)[C@H]2OC(=O)c2ccccc2)c1. The lowest BCUT2D eigenvalue weighted by molar-refractivity contribution is -0.284. The minimum Gasteiger partial charge on any atom is -0.461 e. The molecular formula is C52H44F2O12. The van der Waals surface area contributed by atoms with E-state index in [9.17, 15) is 28.4 Å². The summed E-state index contributed by atoms with van der Waals surface area (Å²) in [7, 11) is 0. The number of rotatable bonds is 15. The molecule has 7 rings (SSSR count). The molecule has 0 radical (unpaired) electrons. The Morgan fingerprint density at radius 2 is 1.05 bits per heavy atom. The van der Waals surface area contributed by atoms with E-state index in [0.29, 0.717) is 11.1 Å². The highest BCUT2D eigenvalue weighted by molar-refractivity contribution is 5.91. The maximum absolute atomic E-state index is 16.5. The lowest BCUT2D eigenvalue weighted by Crippen LogP contribution is -2.65. The van der Waals surface area contributed by atoms with E-state index < -0.39 is 78.3 Å². The van der Waals surface area contributed by atoms with Crippen LogP contribution in [0.1, 0.15) is 77.5 Å². The minimum absolute atomic E-state index is 0.0611. The van der Waals surface area contributed by atoms with Crippen molar-refractivity contribution in [2.75, 3.05) is 0 Å². The second kappa shape index (κ2) is 21.3. The quantitative estimate of drug-likeness (QED) is 0.0715. The molecule has 1 fully saturated rings. The van der Waals surface area contributed by atoms with Gasteiger partial charge in [0.05, 0.1) is 22.3 Å². The molecule has 1 aliphatic heterocycles. The molecule has 66 heavy (non-hydrogen) atoms. The van der Waals surface area contributed by atoms with Crippen molar-refractivity contribution in [2.45, 2.75) is 70.6 Å². The number of ether oxygens (including phenoxy) is 7. The molecule has 1 aliphatic rings. The molecule has 6 aromatic rings. The third kappa shape index (κ3) is 11.5. The first-order valence-corrected chi connectivity index (χ1v) is 20.9. The van der Waals surface area contributed by atoms with E-state index in [1.807, 2.05) is 0 Å². The maximum atomic E-state index is 16.5. The molecule has 1 saturated heterocycles. The highest BCUT2D eigenvalue weighted by Gasteiger charge is 2.56. The molecule has 0 aromatic heterocycles. The molecule has 338 valence electrons. The lowest BCUT2D eigenvalue weighted by atomic mass is 9.94. The van der Waals surface area contributed by atoms with Crippen LogP contribution < -0.4 is 4.74 Å². The first-order chi connectivity index (χ1) is 31.8. The van der Waals surface area contributed by atoms with E-state index in [4.69, 9.17) is 33.2 Å². The molecule has 0 spiro atoms. The van der Waals surface area contributed by atoms with E-state index >= 15 is 4.39 Å². The van der Waals surface area contributed by atoms with Crippen LogP contribution in [0.15, 0.2) is 152 Å². The van der Waals surface area contributed by atoms with Crippen molar-refractivity contribution in [1.82, 2.24) is 0 Å². The van der Waals surface area contributed by atoms with Gasteiger partial charge in [-0.1, -0.05) is 84.9 Å². The van der Waals surface area contributed by atoms with Crippen LogP contribution in [0.2, 0.25) is 0 Å². The molecule has 6 atom stereocenters. The summed E-state index contributed by atoms with van der Waals surface area (Å²) < 4.78 is 74.2. The molecule has 1 heterocycles. The average Bonchev–Trinajstić information content (AvgIpc) is 3.33. The summed E-state index contributed by atoms with van der Waals surface area (Å²) in [6.07, 6.45) is -10.3. The highest BCUT2D eigenvalue weighted by atomic mass is 19.1. The number of benzene rings is 6. The Morgan fingerprint density at radius 1 is 0.576 bits per heavy atom. The number of aryl methyl sites for hydroxylation is 1. The Morgan fingerprint density at radius 3 is 1.55 bits per heavy atom. The summed E-state index contributed by atoms with van der Waals surface area (Å²) in [4.78, 5) is 67.8. The summed E-state index contributed by atoms with van der Waals surface area (Å²) in [6.45, 7) is 3.83. The molecule has 12 nitrogen and oxygen atoms in total. The van der Waals surface area contributed by atoms with Gasteiger partial charge in [0, 0.05) is 18.9 Å². The fourth-order valence-electron chi connectivity index (χ4n) is 7.16. The topological polar surface area (TPSA) is 150 Å². The van der Waals surface area contributed by atoms with E-state index in [1.54, 1.807) is 85.8 Å². The van der Waals surface area contributed by atoms with Crippen molar-refractivity contribution in [1.29, 1.82) is 0 Å². The molecular weight excluding hydrogens is 855 g/mol. The van der Waals surface area contributed by atoms with Gasteiger partial charge in [-0.05, 0) is 97.3 Å². The number of carbonyl (C=O) groups excluding carboxylic acids is 5. The number of hydrogen-bond donors (Lipinski definition) is 0. The van der Waals surface area contributed by atoms with Gasteiger partial charge in [0.2, 0.25) is 12.4 Å². The number of carbonyl (C=O) groups is 5. The normalized spacial score (nSPS) is 18.2. The monoisotopic (exact) mass is 898 g/mol. The molecule has 0 bridgehead atoms. The zero-order chi connectivity index (χ0) is 46.7. The van der Waals surface area contributed by atoms with Gasteiger partial charge in [0.1, 0.15) is 36.2 Å². The standard InChI is InChI=1S/C52H44F2O12/c1-31-24-25-34(27-41(31)53)26-40-42(54)28-35(30-60-33(3)55)29-43(40)62-52-47(65-51(59)39-22-14-7-15-23-39)46(64-50(58)38-20-12-6-13-21-38)45(63-49(57)37-18-10-5-11-19-37)44(66-52)32(2)61-48(56)36-16-8-4-9-17-36/h4-25,27-29,32,44-47,52H,26,30H2,1-3H3/t32-,44-,45-,46+,47-,52-/m1/s1. The summed E-state index contributed by atoms with van der Waals surface area (Å²) in [5.41, 5.74) is 1.12. The van der Waals surface area contributed by atoms with Crippen LogP contribution >= 0.6 is 0 Å². The van der Waals surface area contributed by atoms with Crippen molar-refractivity contribution in [3.8, 4) is 5.75 Å². The van der Waals surface area contributed by atoms with E-state index in [0.717, 1.165) is 6.07 Å². The van der Waals surface area contributed by atoms with Crippen molar-refractivity contribution < 1.29 is 65.9 Å². The van der Waals surface area contributed by atoms with E-state index in [2.05, 4.69) is 0 Å². The lowest BCUT2D eigenvalue weighted by Gasteiger charge is -2.45.